The predicted molar refractivity (Wildman–Crippen MR) is 48.8 cm³/mol. The fraction of sp³-hybridized carbons (Fsp3) is 0.125. The molecule has 0 amide bonds. The lowest BCUT2D eigenvalue weighted by molar-refractivity contribution is 0.277. The van der Waals surface area contributed by atoms with Crippen LogP contribution in [0.5, 0.6) is 0 Å². The Hall–Kier alpha value is -0.940. The van der Waals surface area contributed by atoms with Gasteiger partial charge in [-0.05, 0) is 22.0 Å². The third-order valence-corrected chi connectivity index (χ3v) is 2.27. The number of halogens is 2. The van der Waals surface area contributed by atoms with Gasteiger partial charge in [-0.1, -0.05) is 0 Å². The van der Waals surface area contributed by atoms with Gasteiger partial charge in [0.2, 0.25) is 0 Å². The summed E-state index contributed by atoms with van der Waals surface area (Å²) in [5.41, 5.74) is 1.12. The maximum absolute atomic E-state index is 12.9. The number of rotatable bonds is 1. The third-order valence-electron chi connectivity index (χ3n) is 1.68. The number of aliphatic hydroxyl groups is 1. The van der Waals surface area contributed by atoms with Crippen molar-refractivity contribution in [2.45, 2.75) is 6.61 Å². The molecule has 1 N–H and O–H groups in total. The van der Waals surface area contributed by atoms with Crippen molar-refractivity contribution in [3.8, 4) is 0 Å². The molecule has 2 rings (SSSR count). The summed E-state index contributed by atoms with van der Waals surface area (Å²) in [5, 5.41) is 8.81. The summed E-state index contributed by atoms with van der Waals surface area (Å²) in [4.78, 5) is 4.07. The van der Waals surface area contributed by atoms with Gasteiger partial charge in [-0.15, -0.1) is 0 Å². The highest BCUT2D eigenvalue weighted by Crippen LogP contribution is 2.18. The molecule has 68 valence electrons. The Labute approximate surface area is 82.0 Å². The first-order valence-electron chi connectivity index (χ1n) is 3.64. The molecule has 0 aliphatic heterocycles. The molecule has 0 unspecified atom stereocenters. The molecular weight excluding hydrogens is 239 g/mol. The minimum atomic E-state index is -0.346. The van der Waals surface area contributed by atoms with E-state index in [0.717, 1.165) is 0 Å². The molecule has 3 nitrogen and oxygen atoms in total. The second-order valence-electron chi connectivity index (χ2n) is 2.63. The Morgan fingerprint density at radius 1 is 1.54 bits per heavy atom. The number of pyridine rings is 1. The molecule has 0 atom stereocenters. The van der Waals surface area contributed by atoms with Crippen LogP contribution in [0.25, 0.3) is 5.65 Å². The second-order valence-corrected chi connectivity index (χ2v) is 3.48. The smallest absolute Gasteiger partial charge is 0.151 e. The third kappa shape index (κ3) is 1.45. The molecule has 0 fully saturated rings. The standard InChI is InChI=1S/C8H6BrFN2O/c9-7-1-5(10)2-12-3-6(4-13)11-8(7)12/h1-3,13H,4H2. The van der Waals surface area contributed by atoms with Crippen LogP contribution in [0.1, 0.15) is 5.69 Å². The van der Waals surface area contributed by atoms with Crippen LogP contribution in [-0.2, 0) is 6.61 Å². The van der Waals surface area contributed by atoms with Gasteiger partial charge in [-0.2, -0.15) is 0 Å². The maximum Gasteiger partial charge on any atom is 0.151 e. The van der Waals surface area contributed by atoms with Gasteiger partial charge in [0.25, 0.3) is 0 Å². The van der Waals surface area contributed by atoms with E-state index in [1.165, 1.54) is 16.7 Å². The SMILES string of the molecule is OCc1cn2cc(F)cc(Br)c2n1. The van der Waals surface area contributed by atoms with Gasteiger partial charge < -0.3 is 9.51 Å². The van der Waals surface area contributed by atoms with Crippen molar-refractivity contribution in [1.29, 1.82) is 0 Å². The summed E-state index contributed by atoms with van der Waals surface area (Å²) < 4.78 is 15.0. The lowest BCUT2D eigenvalue weighted by Gasteiger charge is -1.95. The van der Waals surface area contributed by atoms with Gasteiger partial charge in [0, 0.05) is 12.4 Å². The molecule has 2 aromatic heterocycles. The van der Waals surface area contributed by atoms with Gasteiger partial charge in [0.1, 0.15) is 5.82 Å². The molecule has 0 aliphatic rings. The van der Waals surface area contributed by atoms with E-state index in [2.05, 4.69) is 20.9 Å². The molecule has 0 bridgehead atoms. The zero-order valence-electron chi connectivity index (χ0n) is 6.54. The average Bonchev–Trinajstić information content (AvgIpc) is 2.47. The molecule has 0 saturated heterocycles. The molecule has 0 aromatic carbocycles. The van der Waals surface area contributed by atoms with E-state index < -0.39 is 0 Å². The summed E-state index contributed by atoms with van der Waals surface area (Å²) in [7, 11) is 0. The second kappa shape index (κ2) is 3.08. The van der Waals surface area contributed by atoms with Crippen molar-refractivity contribution in [2.75, 3.05) is 0 Å². The van der Waals surface area contributed by atoms with Gasteiger partial charge in [0.15, 0.2) is 5.65 Å². The Morgan fingerprint density at radius 3 is 3.00 bits per heavy atom. The summed E-state index contributed by atoms with van der Waals surface area (Å²) >= 11 is 3.19. The normalized spacial score (nSPS) is 11.0. The van der Waals surface area contributed by atoms with Crippen LogP contribution in [0.4, 0.5) is 4.39 Å². The van der Waals surface area contributed by atoms with Crippen LogP contribution in [-0.4, -0.2) is 14.5 Å². The summed E-state index contributed by atoms with van der Waals surface area (Å²) in [5.74, 6) is -0.346. The van der Waals surface area contributed by atoms with Crippen LogP contribution < -0.4 is 0 Å². The first-order chi connectivity index (χ1) is 6.20. The molecule has 2 aromatic rings. The van der Waals surface area contributed by atoms with Crippen LogP contribution in [0, 0.1) is 5.82 Å². The topological polar surface area (TPSA) is 37.5 Å². The molecule has 5 heteroatoms. The summed E-state index contributed by atoms with van der Waals surface area (Å²) in [6.07, 6.45) is 2.90. The monoisotopic (exact) mass is 244 g/mol. The number of aliphatic hydroxyl groups excluding tert-OH is 1. The first-order valence-corrected chi connectivity index (χ1v) is 4.43. The van der Waals surface area contributed by atoms with Gasteiger partial charge in [0.05, 0.1) is 16.8 Å². The summed E-state index contributed by atoms with van der Waals surface area (Å²) in [6, 6.07) is 1.34. The first kappa shape index (κ1) is 8.65. The number of hydrogen-bond donors (Lipinski definition) is 1. The Kier molecular flexibility index (Phi) is 2.05. The van der Waals surface area contributed by atoms with Crippen LogP contribution in [0.3, 0.4) is 0 Å². The van der Waals surface area contributed by atoms with Crippen molar-refractivity contribution in [1.82, 2.24) is 9.38 Å². The molecule has 13 heavy (non-hydrogen) atoms. The minimum Gasteiger partial charge on any atom is -0.390 e. The highest BCUT2D eigenvalue weighted by Gasteiger charge is 2.05. The van der Waals surface area contributed by atoms with E-state index in [0.29, 0.717) is 15.8 Å². The maximum atomic E-state index is 12.9. The molecule has 0 aliphatic carbocycles. The van der Waals surface area contributed by atoms with Crippen molar-refractivity contribution < 1.29 is 9.50 Å². The predicted octanol–water partition coefficient (Wildman–Crippen LogP) is 1.73. The van der Waals surface area contributed by atoms with E-state index in [1.807, 2.05) is 0 Å². The van der Waals surface area contributed by atoms with Gasteiger partial charge >= 0.3 is 0 Å². The number of fused-ring (bicyclic) bond motifs is 1. The van der Waals surface area contributed by atoms with E-state index in [-0.39, 0.29) is 12.4 Å². The number of imidazole rings is 1. The Balaban J connectivity index is 2.75. The number of hydrogen-bond acceptors (Lipinski definition) is 2. The van der Waals surface area contributed by atoms with Crippen LogP contribution in [0.2, 0.25) is 0 Å². The summed E-state index contributed by atoms with van der Waals surface area (Å²) in [6.45, 7) is -0.143. The van der Waals surface area contributed by atoms with E-state index in [9.17, 15) is 4.39 Å². The zero-order valence-corrected chi connectivity index (χ0v) is 8.12. The Bertz CT molecular complexity index is 455. The van der Waals surface area contributed by atoms with E-state index in [4.69, 9.17) is 5.11 Å². The molecule has 2 heterocycles. The van der Waals surface area contributed by atoms with E-state index in [1.54, 1.807) is 6.20 Å². The lowest BCUT2D eigenvalue weighted by Crippen LogP contribution is -1.86. The Morgan fingerprint density at radius 2 is 2.31 bits per heavy atom. The van der Waals surface area contributed by atoms with Crippen molar-refractivity contribution in [2.24, 2.45) is 0 Å². The van der Waals surface area contributed by atoms with Crippen LogP contribution in [0.15, 0.2) is 22.9 Å². The minimum absolute atomic E-state index is 0.143. The quantitative estimate of drug-likeness (QED) is 0.830. The van der Waals surface area contributed by atoms with Crippen molar-refractivity contribution in [3.05, 3.63) is 34.4 Å². The fourth-order valence-electron chi connectivity index (χ4n) is 1.15. The number of nitrogens with zero attached hydrogens (tertiary/aromatic N) is 2. The largest absolute Gasteiger partial charge is 0.390 e. The lowest BCUT2D eigenvalue weighted by atomic mass is 10.4. The van der Waals surface area contributed by atoms with Crippen LogP contribution >= 0.6 is 15.9 Å². The zero-order chi connectivity index (χ0) is 9.42. The highest BCUT2D eigenvalue weighted by atomic mass is 79.9. The molecule has 0 radical (unpaired) electrons. The van der Waals surface area contributed by atoms with Crippen molar-refractivity contribution >= 4 is 21.6 Å². The average molecular weight is 245 g/mol. The number of aromatic nitrogens is 2. The fourth-order valence-corrected chi connectivity index (χ4v) is 1.66. The molecule has 0 saturated carbocycles. The van der Waals surface area contributed by atoms with Gasteiger partial charge in [-0.25, -0.2) is 9.37 Å². The molecule has 0 spiro atoms. The van der Waals surface area contributed by atoms with E-state index >= 15 is 0 Å². The molecular formula is C8H6BrFN2O. The van der Waals surface area contributed by atoms with Gasteiger partial charge in [-0.3, -0.25) is 0 Å². The highest BCUT2D eigenvalue weighted by molar-refractivity contribution is 9.10. The van der Waals surface area contributed by atoms with Crippen molar-refractivity contribution in [3.63, 3.8) is 0 Å².